The number of rotatable bonds is 2. The van der Waals surface area contributed by atoms with Crippen LogP contribution in [0.25, 0.3) is 0 Å². The normalized spacial score (nSPS) is 24.5. The molecule has 2 aliphatic heterocycles. The smallest absolute Gasteiger partial charge is 0.340 e. The Morgan fingerprint density at radius 3 is 2.82 bits per heavy atom. The summed E-state index contributed by atoms with van der Waals surface area (Å²) in [4.78, 5) is 11.6. The molecule has 5 heteroatoms. The molecular formula is C12H14N2O3. The van der Waals surface area contributed by atoms with Gasteiger partial charge in [-0.25, -0.2) is 15.2 Å². The second kappa shape index (κ2) is 4.44. The van der Waals surface area contributed by atoms with Gasteiger partial charge in [-0.1, -0.05) is 18.2 Å². The fourth-order valence-corrected chi connectivity index (χ4v) is 2.10. The molecule has 0 aliphatic carbocycles. The van der Waals surface area contributed by atoms with Gasteiger partial charge in [0, 0.05) is 18.7 Å². The molecule has 5 nitrogen and oxygen atoms in total. The zero-order valence-corrected chi connectivity index (χ0v) is 9.39. The molecule has 1 unspecified atom stereocenters. The van der Waals surface area contributed by atoms with E-state index in [-0.39, 0.29) is 12.2 Å². The zero-order chi connectivity index (χ0) is 11.7. The molecule has 3 rings (SSSR count). The monoisotopic (exact) mass is 234 g/mol. The minimum atomic E-state index is -0.364. The summed E-state index contributed by atoms with van der Waals surface area (Å²) in [5.74, 6) is -0.258. The van der Waals surface area contributed by atoms with E-state index in [1.165, 1.54) is 0 Å². The quantitative estimate of drug-likeness (QED) is 0.763. The number of carbonyl (C=O) groups is 1. The number of benzene rings is 1. The fraction of sp³-hybridized carbons (Fsp3) is 0.417. The Kier molecular flexibility index (Phi) is 2.80. The average Bonchev–Trinajstić information content (AvgIpc) is 2.69. The predicted octanol–water partition coefficient (Wildman–Crippen LogP) is 0.692. The van der Waals surface area contributed by atoms with Gasteiger partial charge in [0.05, 0.1) is 18.8 Å². The number of carbonyl (C=O) groups excluding carboxylic acids is 1. The van der Waals surface area contributed by atoms with Crippen LogP contribution in [0.3, 0.4) is 0 Å². The standard InChI is InChI=1S/C12H14N2O3/c15-12-10-4-2-1-3-9(10)11(17-12)13-14-5-7-16-8-6-14/h1-4,11,13H,5-8H2. The molecule has 1 N–H and O–H groups in total. The highest BCUT2D eigenvalue weighted by atomic mass is 16.6. The summed E-state index contributed by atoms with van der Waals surface area (Å²) in [5.41, 5.74) is 4.77. The predicted molar refractivity (Wildman–Crippen MR) is 60.1 cm³/mol. The molecule has 0 radical (unpaired) electrons. The molecule has 17 heavy (non-hydrogen) atoms. The van der Waals surface area contributed by atoms with Crippen LogP contribution in [-0.4, -0.2) is 37.3 Å². The molecule has 2 aliphatic rings. The second-order valence-electron chi connectivity index (χ2n) is 4.10. The van der Waals surface area contributed by atoms with E-state index in [0.29, 0.717) is 18.8 Å². The topological polar surface area (TPSA) is 50.8 Å². The maximum atomic E-state index is 11.6. The fourth-order valence-electron chi connectivity index (χ4n) is 2.10. The zero-order valence-electron chi connectivity index (χ0n) is 9.39. The van der Waals surface area contributed by atoms with Gasteiger partial charge in [-0.05, 0) is 6.07 Å². The van der Waals surface area contributed by atoms with Crippen molar-refractivity contribution in [1.29, 1.82) is 0 Å². The molecule has 90 valence electrons. The summed E-state index contributed by atoms with van der Waals surface area (Å²) in [6, 6.07) is 7.46. The molecule has 1 aromatic rings. The molecule has 0 amide bonds. The lowest BCUT2D eigenvalue weighted by atomic mass is 10.1. The first kappa shape index (κ1) is 10.7. The SMILES string of the molecule is O=C1OC(NN2CCOCC2)c2ccccc21. The summed E-state index contributed by atoms with van der Waals surface area (Å²) < 4.78 is 10.6. The Labute approximate surface area is 99.3 Å². The van der Waals surface area contributed by atoms with Crippen molar-refractivity contribution < 1.29 is 14.3 Å². The number of nitrogens with zero attached hydrogens (tertiary/aromatic N) is 1. The van der Waals surface area contributed by atoms with Gasteiger partial charge < -0.3 is 9.47 Å². The third-order valence-electron chi connectivity index (χ3n) is 3.00. The molecule has 2 heterocycles. The van der Waals surface area contributed by atoms with E-state index in [1.807, 2.05) is 23.2 Å². The second-order valence-corrected chi connectivity index (χ2v) is 4.10. The van der Waals surface area contributed by atoms with Crippen molar-refractivity contribution >= 4 is 5.97 Å². The highest BCUT2D eigenvalue weighted by Gasteiger charge is 2.31. The number of cyclic esters (lactones) is 1. The van der Waals surface area contributed by atoms with Crippen LogP contribution in [0.4, 0.5) is 0 Å². The van der Waals surface area contributed by atoms with Gasteiger partial charge in [-0.3, -0.25) is 0 Å². The van der Waals surface area contributed by atoms with E-state index in [4.69, 9.17) is 9.47 Å². The first-order chi connectivity index (χ1) is 8.34. The molecule has 1 saturated heterocycles. The molecule has 0 aromatic heterocycles. The van der Waals surface area contributed by atoms with Crippen molar-refractivity contribution in [3.63, 3.8) is 0 Å². The van der Waals surface area contributed by atoms with Gasteiger partial charge in [0.2, 0.25) is 0 Å². The summed E-state index contributed by atoms with van der Waals surface area (Å²) >= 11 is 0. The van der Waals surface area contributed by atoms with Crippen LogP contribution in [0.2, 0.25) is 0 Å². The highest BCUT2D eigenvalue weighted by molar-refractivity contribution is 5.93. The summed E-state index contributed by atoms with van der Waals surface area (Å²) in [7, 11) is 0. The van der Waals surface area contributed by atoms with Crippen molar-refractivity contribution in [3.8, 4) is 0 Å². The van der Waals surface area contributed by atoms with Gasteiger partial charge in [0.25, 0.3) is 0 Å². The number of fused-ring (bicyclic) bond motifs is 1. The Morgan fingerprint density at radius 2 is 2.00 bits per heavy atom. The first-order valence-corrected chi connectivity index (χ1v) is 5.73. The number of ether oxygens (including phenoxy) is 2. The summed E-state index contributed by atoms with van der Waals surface area (Å²) in [6.07, 6.45) is -0.364. The summed E-state index contributed by atoms with van der Waals surface area (Å²) in [5, 5.41) is 2.03. The van der Waals surface area contributed by atoms with Gasteiger partial charge >= 0.3 is 5.97 Å². The van der Waals surface area contributed by atoms with Crippen LogP contribution in [0, 0.1) is 0 Å². The van der Waals surface area contributed by atoms with E-state index in [1.54, 1.807) is 6.07 Å². The number of esters is 1. The molecule has 1 aromatic carbocycles. The van der Waals surface area contributed by atoms with E-state index in [0.717, 1.165) is 18.7 Å². The van der Waals surface area contributed by atoms with Gasteiger partial charge in [-0.15, -0.1) is 0 Å². The molecule has 0 saturated carbocycles. The summed E-state index contributed by atoms with van der Waals surface area (Å²) in [6.45, 7) is 3.01. The lowest BCUT2D eigenvalue weighted by Gasteiger charge is -2.29. The molecule has 1 fully saturated rings. The highest BCUT2D eigenvalue weighted by Crippen LogP contribution is 2.28. The third kappa shape index (κ3) is 2.04. The van der Waals surface area contributed by atoms with Crippen LogP contribution < -0.4 is 5.43 Å². The van der Waals surface area contributed by atoms with Gasteiger partial charge in [0.15, 0.2) is 6.23 Å². The Hall–Kier alpha value is -1.43. The number of nitrogens with one attached hydrogen (secondary N) is 1. The Morgan fingerprint density at radius 1 is 1.24 bits per heavy atom. The van der Waals surface area contributed by atoms with Crippen molar-refractivity contribution in [2.45, 2.75) is 6.23 Å². The number of hydrazine groups is 1. The van der Waals surface area contributed by atoms with Crippen molar-refractivity contribution in [2.75, 3.05) is 26.3 Å². The van der Waals surface area contributed by atoms with Gasteiger partial charge in [-0.2, -0.15) is 0 Å². The molecule has 1 atom stereocenters. The Bertz CT molecular complexity index is 430. The largest absolute Gasteiger partial charge is 0.437 e. The minimum Gasteiger partial charge on any atom is -0.437 e. The number of morpholine rings is 1. The lowest BCUT2D eigenvalue weighted by Crippen LogP contribution is -2.47. The van der Waals surface area contributed by atoms with Crippen LogP contribution >= 0.6 is 0 Å². The van der Waals surface area contributed by atoms with Crippen molar-refractivity contribution in [2.24, 2.45) is 0 Å². The molecular weight excluding hydrogens is 220 g/mol. The van der Waals surface area contributed by atoms with Crippen LogP contribution in [0.5, 0.6) is 0 Å². The minimum absolute atomic E-state index is 0.258. The third-order valence-corrected chi connectivity index (χ3v) is 3.00. The van der Waals surface area contributed by atoms with Crippen molar-refractivity contribution in [3.05, 3.63) is 35.4 Å². The van der Waals surface area contributed by atoms with Gasteiger partial charge in [0.1, 0.15) is 0 Å². The number of hydrogen-bond donors (Lipinski definition) is 1. The van der Waals surface area contributed by atoms with Crippen molar-refractivity contribution in [1.82, 2.24) is 10.4 Å². The first-order valence-electron chi connectivity index (χ1n) is 5.73. The van der Waals surface area contributed by atoms with E-state index in [9.17, 15) is 4.79 Å². The van der Waals surface area contributed by atoms with E-state index < -0.39 is 0 Å². The number of hydrogen-bond acceptors (Lipinski definition) is 5. The van der Waals surface area contributed by atoms with E-state index >= 15 is 0 Å². The van der Waals surface area contributed by atoms with Crippen LogP contribution in [-0.2, 0) is 9.47 Å². The molecule has 0 bridgehead atoms. The Balaban J connectivity index is 1.75. The van der Waals surface area contributed by atoms with Crippen LogP contribution in [0.15, 0.2) is 24.3 Å². The maximum absolute atomic E-state index is 11.6. The lowest BCUT2D eigenvalue weighted by molar-refractivity contribution is -0.0400. The average molecular weight is 234 g/mol. The maximum Gasteiger partial charge on any atom is 0.340 e. The molecule has 0 spiro atoms. The van der Waals surface area contributed by atoms with E-state index in [2.05, 4.69) is 5.43 Å². The van der Waals surface area contributed by atoms with Crippen LogP contribution in [0.1, 0.15) is 22.1 Å².